The van der Waals surface area contributed by atoms with Gasteiger partial charge >= 0.3 is 0 Å². The van der Waals surface area contributed by atoms with Gasteiger partial charge in [-0.15, -0.1) is 0 Å². The molecule has 0 amide bonds. The van der Waals surface area contributed by atoms with E-state index in [1.165, 1.54) is 0 Å². The number of piperidine rings is 1. The van der Waals surface area contributed by atoms with Crippen LogP contribution in [0.15, 0.2) is 22.7 Å². The average molecular weight is 309 g/mol. The second kappa shape index (κ2) is 5.73. The van der Waals surface area contributed by atoms with Gasteiger partial charge in [-0.05, 0) is 38.0 Å². The molecule has 0 unspecified atom stereocenters. The van der Waals surface area contributed by atoms with Gasteiger partial charge in [-0.2, -0.15) is 5.26 Å². The van der Waals surface area contributed by atoms with E-state index < -0.39 is 0 Å². The van der Waals surface area contributed by atoms with Gasteiger partial charge in [-0.1, -0.05) is 15.9 Å². The summed E-state index contributed by atoms with van der Waals surface area (Å²) in [6, 6.07) is 8.03. The van der Waals surface area contributed by atoms with Gasteiger partial charge in [0.1, 0.15) is 6.07 Å². The lowest BCUT2D eigenvalue weighted by Gasteiger charge is -2.36. The average Bonchev–Trinajstić information content (AvgIpc) is 2.38. The van der Waals surface area contributed by atoms with E-state index in [1.54, 1.807) is 0 Å². The maximum Gasteiger partial charge on any atom is 0.101 e. The highest BCUT2D eigenvalue weighted by Crippen LogP contribution is 2.29. The van der Waals surface area contributed by atoms with Gasteiger partial charge in [-0.25, -0.2) is 0 Å². The van der Waals surface area contributed by atoms with Crippen LogP contribution in [0.5, 0.6) is 0 Å². The van der Waals surface area contributed by atoms with Gasteiger partial charge in [0.2, 0.25) is 0 Å². The van der Waals surface area contributed by atoms with Crippen LogP contribution in [0.2, 0.25) is 0 Å². The Balaban J connectivity index is 2.23. The molecule has 1 N–H and O–H groups in total. The van der Waals surface area contributed by atoms with E-state index >= 15 is 0 Å². The highest BCUT2D eigenvalue weighted by molar-refractivity contribution is 9.10. The molecule has 0 bridgehead atoms. The quantitative estimate of drug-likeness (QED) is 0.914. The van der Waals surface area contributed by atoms with Crippen molar-refractivity contribution < 1.29 is 5.11 Å². The van der Waals surface area contributed by atoms with Crippen molar-refractivity contribution in [2.75, 3.05) is 18.0 Å². The van der Waals surface area contributed by atoms with Crippen LogP contribution in [-0.4, -0.2) is 24.3 Å². The zero-order valence-corrected chi connectivity index (χ0v) is 12.0. The summed E-state index contributed by atoms with van der Waals surface area (Å²) < 4.78 is 0.923. The first-order valence-corrected chi connectivity index (χ1v) is 7.04. The fourth-order valence-electron chi connectivity index (χ4n) is 2.50. The number of nitriles is 1. The van der Waals surface area contributed by atoms with Crippen molar-refractivity contribution in [3.8, 4) is 6.07 Å². The van der Waals surface area contributed by atoms with Crippen LogP contribution in [-0.2, 0) is 0 Å². The van der Waals surface area contributed by atoms with E-state index in [-0.39, 0.29) is 6.10 Å². The molecule has 2 rings (SSSR count). The normalized spacial score (nSPS) is 21.4. The molecule has 1 aliphatic rings. The van der Waals surface area contributed by atoms with Gasteiger partial charge < -0.3 is 10.0 Å². The van der Waals surface area contributed by atoms with Gasteiger partial charge in [0, 0.05) is 23.5 Å². The van der Waals surface area contributed by atoms with Gasteiger partial charge in [0.25, 0.3) is 0 Å². The van der Waals surface area contributed by atoms with E-state index in [0.29, 0.717) is 11.5 Å². The standard InChI is InChI=1S/C14H17BrN2O/c1-10(18)11-3-2-6-17(9-11)14-5-4-13(15)7-12(14)8-16/h4-5,7,10-11,18H,2-3,6,9H2,1H3/t10-,11+/m0/s1. The van der Waals surface area contributed by atoms with Crippen molar-refractivity contribution in [1.82, 2.24) is 0 Å². The molecule has 1 saturated heterocycles. The Morgan fingerprint density at radius 3 is 3.00 bits per heavy atom. The third-order valence-corrected chi connectivity index (χ3v) is 4.05. The molecule has 1 aromatic carbocycles. The van der Waals surface area contributed by atoms with Crippen molar-refractivity contribution in [2.24, 2.45) is 5.92 Å². The maximum absolute atomic E-state index is 9.71. The fraction of sp³-hybridized carbons (Fsp3) is 0.500. The first-order chi connectivity index (χ1) is 8.61. The van der Waals surface area contributed by atoms with E-state index in [2.05, 4.69) is 26.9 Å². The van der Waals surface area contributed by atoms with Crippen molar-refractivity contribution >= 4 is 21.6 Å². The first kappa shape index (κ1) is 13.4. The Labute approximate surface area is 116 Å². The number of benzene rings is 1. The Hall–Kier alpha value is -1.05. The molecule has 0 aliphatic carbocycles. The Morgan fingerprint density at radius 1 is 1.56 bits per heavy atom. The molecule has 0 saturated carbocycles. The zero-order chi connectivity index (χ0) is 13.1. The SMILES string of the molecule is C[C@H](O)[C@@H]1CCCN(c2ccc(Br)cc2C#N)C1. The second-order valence-electron chi connectivity index (χ2n) is 4.86. The van der Waals surface area contributed by atoms with Crippen molar-refractivity contribution in [3.63, 3.8) is 0 Å². The lowest BCUT2D eigenvalue weighted by molar-refractivity contribution is 0.115. The monoisotopic (exact) mass is 308 g/mol. The lowest BCUT2D eigenvalue weighted by atomic mass is 9.93. The van der Waals surface area contributed by atoms with Crippen LogP contribution >= 0.6 is 15.9 Å². The molecule has 0 aromatic heterocycles. The first-order valence-electron chi connectivity index (χ1n) is 6.24. The largest absolute Gasteiger partial charge is 0.393 e. The molecule has 1 aromatic rings. The Kier molecular flexibility index (Phi) is 4.26. The Morgan fingerprint density at radius 2 is 2.33 bits per heavy atom. The number of hydrogen-bond donors (Lipinski definition) is 1. The van der Waals surface area contributed by atoms with Crippen LogP contribution < -0.4 is 4.90 Å². The number of aliphatic hydroxyl groups is 1. The fourth-order valence-corrected chi connectivity index (χ4v) is 2.86. The third-order valence-electron chi connectivity index (χ3n) is 3.56. The molecule has 0 radical (unpaired) electrons. The molecule has 96 valence electrons. The molecule has 2 atom stereocenters. The van der Waals surface area contributed by atoms with Gasteiger partial charge in [0.15, 0.2) is 0 Å². The van der Waals surface area contributed by atoms with Crippen LogP contribution in [0.25, 0.3) is 0 Å². The highest BCUT2D eigenvalue weighted by Gasteiger charge is 2.24. The second-order valence-corrected chi connectivity index (χ2v) is 5.78. The number of nitrogens with zero attached hydrogens (tertiary/aromatic N) is 2. The molecule has 0 spiro atoms. The molecule has 1 heterocycles. The summed E-state index contributed by atoms with van der Waals surface area (Å²) in [7, 11) is 0. The number of rotatable bonds is 2. The summed E-state index contributed by atoms with van der Waals surface area (Å²) in [6.07, 6.45) is 1.84. The van der Waals surface area contributed by atoms with E-state index in [1.807, 2.05) is 25.1 Å². The Bertz CT molecular complexity index is 467. The van der Waals surface area contributed by atoms with Crippen LogP contribution in [0, 0.1) is 17.2 Å². The molecule has 18 heavy (non-hydrogen) atoms. The van der Waals surface area contributed by atoms with Gasteiger partial charge in [-0.3, -0.25) is 0 Å². The predicted molar refractivity (Wildman–Crippen MR) is 75.5 cm³/mol. The molecular formula is C14H17BrN2O. The summed E-state index contributed by atoms with van der Waals surface area (Å²) in [5.74, 6) is 0.300. The maximum atomic E-state index is 9.71. The van der Waals surface area contributed by atoms with Crippen molar-refractivity contribution in [3.05, 3.63) is 28.2 Å². The van der Waals surface area contributed by atoms with Crippen LogP contribution in [0.3, 0.4) is 0 Å². The molecular weight excluding hydrogens is 292 g/mol. The smallest absolute Gasteiger partial charge is 0.101 e. The summed E-state index contributed by atoms with van der Waals surface area (Å²) in [4.78, 5) is 2.21. The summed E-state index contributed by atoms with van der Waals surface area (Å²) in [5, 5.41) is 18.9. The minimum Gasteiger partial charge on any atom is -0.393 e. The minimum atomic E-state index is -0.284. The molecule has 1 fully saturated rings. The number of halogens is 1. The van der Waals surface area contributed by atoms with E-state index in [0.717, 1.165) is 36.1 Å². The zero-order valence-electron chi connectivity index (χ0n) is 10.4. The number of anilines is 1. The van der Waals surface area contributed by atoms with Crippen molar-refractivity contribution in [2.45, 2.75) is 25.9 Å². The molecule has 3 nitrogen and oxygen atoms in total. The van der Waals surface area contributed by atoms with Crippen LogP contribution in [0.1, 0.15) is 25.3 Å². The van der Waals surface area contributed by atoms with Crippen molar-refractivity contribution in [1.29, 1.82) is 5.26 Å². The molecule has 4 heteroatoms. The van der Waals surface area contributed by atoms with Gasteiger partial charge in [0.05, 0.1) is 17.4 Å². The third kappa shape index (κ3) is 2.85. The number of aliphatic hydroxyl groups excluding tert-OH is 1. The van der Waals surface area contributed by atoms with E-state index in [9.17, 15) is 10.4 Å². The summed E-state index contributed by atoms with van der Waals surface area (Å²) in [5.41, 5.74) is 1.67. The lowest BCUT2D eigenvalue weighted by Crippen LogP contribution is -2.39. The molecule has 1 aliphatic heterocycles. The summed E-state index contributed by atoms with van der Waals surface area (Å²) in [6.45, 7) is 3.63. The highest BCUT2D eigenvalue weighted by atomic mass is 79.9. The van der Waals surface area contributed by atoms with Crippen LogP contribution in [0.4, 0.5) is 5.69 Å². The van der Waals surface area contributed by atoms with E-state index in [4.69, 9.17) is 0 Å². The summed E-state index contributed by atoms with van der Waals surface area (Å²) >= 11 is 3.39. The topological polar surface area (TPSA) is 47.3 Å². The number of hydrogen-bond acceptors (Lipinski definition) is 3. The minimum absolute atomic E-state index is 0.284. The predicted octanol–water partition coefficient (Wildman–Crippen LogP) is 2.92.